The van der Waals surface area contributed by atoms with E-state index in [1.807, 2.05) is 12.1 Å². The number of rotatable bonds is 5. The first-order chi connectivity index (χ1) is 15.2. The molecule has 0 unspecified atom stereocenters. The Morgan fingerprint density at radius 2 is 1.72 bits per heavy atom. The van der Waals surface area contributed by atoms with Crippen molar-refractivity contribution in [3.05, 3.63) is 70.4 Å². The van der Waals surface area contributed by atoms with Crippen LogP contribution in [0.3, 0.4) is 0 Å². The highest BCUT2D eigenvalue weighted by molar-refractivity contribution is 7.13. The second-order valence-electron chi connectivity index (χ2n) is 9.35. The summed E-state index contributed by atoms with van der Waals surface area (Å²) in [7, 11) is 0. The van der Waals surface area contributed by atoms with Crippen molar-refractivity contribution >= 4 is 28.1 Å². The van der Waals surface area contributed by atoms with E-state index < -0.39 is 5.91 Å². The minimum atomic E-state index is -0.521. The molecule has 0 spiro atoms. The Bertz CT molecular complexity index is 1300. The van der Waals surface area contributed by atoms with Crippen LogP contribution in [0.5, 0.6) is 0 Å². The zero-order valence-electron chi connectivity index (χ0n) is 18.9. The highest BCUT2D eigenvalue weighted by Crippen LogP contribution is 2.37. The summed E-state index contributed by atoms with van der Waals surface area (Å²) in [6.07, 6.45) is 0.838. The molecule has 0 aliphatic carbocycles. The van der Waals surface area contributed by atoms with E-state index in [-0.39, 0.29) is 11.1 Å². The molecule has 2 aromatic heterocycles. The van der Waals surface area contributed by atoms with Crippen molar-refractivity contribution in [3.8, 4) is 21.7 Å². The van der Waals surface area contributed by atoms with Crippen LogP contribution in [0.2, 0.25) is 0 Å². The van der Waals surface area contributed by atoms with Crippen molar-refractivity contribution in [2.45, 2.75) is 40.7 Å². The van der Waals surface area contributed by atoms with Gasteiger partial charge in [0.05, 0.1) is 5.52 Å². The maximum atomic E-state index is 11.5. The highest BCUT2D eigenvalue weighted by atomic mass is 32.1. The van der Waals surface area contributed by atoms with E-state index in [4.69, 9.17) is 16.5 Å². The fourth-order valence-electron chi connectivity index (χ4n) is 3.92. The van der Waals surface area contributed by atoms with Crippen LogP contribution in [-0.2, 0) is 13.0 Å². The molecule has 4 rings (SSSR count). The van der Waals surface area contributed by atoms with E-state index in [9.17, 15) is 4.79 Å². The quantitative estimate of drug-likeness (QED) is 0.426. The molecule has 2 aromatic carbocycles. The van der Waals surface area contributed by atoms with Gasteiger partial charge < -0.3 is 11.5 Å². The molecule has 0 saturated carbocycles. The molecule has 164 valence electrons. The van der Waals surface area contributed by atoms with Crippen molar-refractivity contribution < 1.29 is 4.79 Å². The Hall–Kier alpha value is -3.09. The van der Waals surface area contributed by atoms with Crippen LogP contribution in [0.1, 0.15) is 48.1 Å². The van der Waals surface area contributed by atoms with Gasteiger partial charge in [-0.05, 0) is 53.6 Å². The van der Waals surface area contributed by atoms with Crippen molar-refractivity contribution in [1.82, 2.24) is 9.97 Å². The number of hydrogen-bond acceptors (Lipinski definition) is 5. The topological polar surface area (TPSA) is 94.9 Å². The number of benzene rings is 2. The molecule has 0 bridgehead atoms. The van der Waals surface area contributed by atoms with Crippen LogP contribution in [0.15, 0.2) is 47.8 Å². The molecular weight excluding hydrogens is 416 g/mol. The molecule has 0 radical (unpaired) electrons. The summed E-state index contributed by atoms with van der Waals surface area (Å²) in [5.41, 5.74) is 19.5. The van der Waals surface area contributed by atoms with Crippen LogP contribution >= 0.6 is 11.3 Å². The zero-order valence-corrected chi connectivity index (χ0v) is 19.7. The van der Waals surface area contributed by atoms with Crippen molar-refractivity contribution in [2.75, 3.05) is 0 Å². The highest BCUT2D eigenvalue weighted by Gasteiger charge is 2.21. The molecule has 4 N–H and O–H groups in total. The maximum Gasteiger partial charge on any atom is 0.268 e. The van der Waals surface area contributed by atoms with Gasteiger partial charge in [0.25, 0.3) is 5.91 Å². The largest absolute Gasteiger partial charge is 0.364 e. The summed E-state index contributed by atoms with van der Waals surface area (Å²) in [5.74, 6) is -0.521. The first kappa shape index (κ1) is 22.1. The average Bonchev–Trinajstić information content (AvgIpc) is 3.23. The molecule has 4 aromatic rings. The normalized spacial score (nSPS) is 11.8. The maximum absolute atomic E-state index is 11.5. The van der Waals surface area contributed by atoms with E-state index in [2.05, 4.69) is 63.0 Å². The summed E-state index contributed by atoms with van der Waals surface area (Å²) in [6.45, 7) is 9.14. The predicted molar refractivity (Wildman–Crippen MR) is 133 cm³/mol. The van der Waals surface area contributed by atoms with Crippen LogP contribution in [-0.4, -0.2) is 15.9 Å². The Morgan fingerprint density at radius 3 is 2.31 bits per heavy atom. The van der Waals surface area contributed by atoms with Gasteiger partial charge in [0.15, 0.2) is 0 Å². The van der Waals surface area contributed by atoms with E-state index in [1.165, 1.54) is 16.9 Å². The first-order valence-corrected chi connectivity index (χ1v) is 11.5. The molecule has 0 fully saturated rings. The SMILES string of the molecule is Cc1ccc(-c2c(CN)c(CC(C)(C)C)nc3ccc(-c4nc(C(N)=O)cs4)cc23)cc1. The lowest BCUT2D eigenvalue weighted by Gasteiger charge is -2.23. The van der Waals surface area contributed by atoms with E-state index in [0.717, 1.165) is 50.3 Å². The molecule has 1 amide bonds. The molecule has 32 heavy (non-hydrogen) atoms. The van der Waals surface area contributed by atoms with Crippen molar-refractivity contribution in [1.29, 1.82) is 0 Å². The van der Waals surface area contributed by atoms with Gasteiger partial charge in [-0.15, -0.1) is 11.3 Å². The third-order valence-corrected chi connectivity index (χ3v) is 6.31. The van der Waals surface area contributed by atoms with E-state index >= 15 is 0 Å². The fourth-order valence-corrected chi connectivity index (χ4v) is 4.73. The molecule has 5 nitrogen and oxygen atoms in total. The minimum absolute atomic E-state index is 0.0845. The molecule has 0 atom stereocenters. The number of nitrogens with two attached hydrogens (primary N) is 2. The third-order valence-electron chi connectivity index (χ3n) is 5.42. The van der Waals surface area contributed by atoms with Crippen molar-refractivity contribution in [3.63, 3.8) is 0 Å². The van der Waals surface area contributed by atoms with Gasteiger partial charge in [-0.3, -0.25) is 9.78 Å². The summed E-state index contributed by atoms with van der Waals surface area (Å²) in [4.78, 5) is 20.9. The summed E-state index contributed by atoms with van der Waals surface area (Å²) in [5, 5.41) is 3.47. The number of thiazole rings is 1. The van der Waals surface area contributed by atoms with Gasteiger partial charge >= 0.3 is 0 Å². The van der Waals surface area contributed by atoms with E-state index in [1.54, 1.807) is 5.38 Å². The van der Waals surface area contributed by atoms with Gasteiger partial charge in [-0.2, -0.15) is 0 Å². The smallest absolute Gasteiger partial charge is 0.268 e. The van der Waals surface area contributed by atoms with Gasteiger partial charge in [-0.1, -0.05) is 50.6 Å². The number of carbonyl (C=O) groups is 1. The first-order valence-electron chi connectivity index (χ1n) is 10.6. The molecule has 0 aliphatic rings. The van der Waals surface area contributed by atoms with Crippen molar-refractivity contribution in [2.24, 2.45) is 16.9 Å². The van der Waals surface area contributed by atoms with Gasteiger partial charge in [0, 0.05) is 28.6 Å². The zero-order chi connectivity index (χ0) is 23.0. The molecule has 0 saturated heterocycles. The minimum Gasteiger partial charge on any atom is -0.364 e. The molecule has 2 heterocycles. The lowest BCUT2D eigenvalue weighted by Crippen LogP contribution is -2.15. The summed E-state index contributed by atoms with van der Waals surface area (Å²) >= 11 is 1.41. The number of pyridine rings is 1. The Kier molecular flexibility index (Phi) is 5.84. The van der Waals surface area contributed by atoms with E-state index in [0.29, 0.717) is 6.54 Å². The molecule has 6 heteroatoms. The Morgan fingerprint density at radius 1 is 1.03 bits per heavy atom. The molecule has 0 aliphatic heterocycles. The lowest BCUT2D eigenvalue weighted by atomic mass is 9.85. The average molecular weight is 445 g/mol. The number of primary amides is 1. The number of fused-ring (bicyclic) bond motifs is 1. The van der Waals surface area contributed by atoms with Crippen LogP contribution in [0.4, 0.5) is 0 Å². The summed E-state index contributed by atoms with van der Waals surface area (Å²) in [6, 6.07) is 14.7. The number of amides is 1. The lowest BCUT2D eigenvalue weighted by molar-refractivity contribution is 0.0996. The van der Waals surface area contributed by atoms with Crippen LogP contribution in [0.25, 0.3) is 32.6 Å². The standard InChI is InChI=1S/C26H28N4OS/c1-15-5-7-16(8-6-15)23-18-11-17(25-30-22(14-32-25)24(28)31)9-10-20(18)29-21(19(23)13-27)12-26(2,3)4/h5-11,14H,12-13,27H2,1-4H3,(H2,28,31). The van der Waals surface area contributed by atoms with Gasteiger partial charge in [-0.25, -0.2) is 4.98 Å². The molecular formula is C26H28N4OS. The fraction of sp³-hybridized carbons (Fsp3) is 0.269. The second kappa shape index (κ2) is 8.45. The monoisotopic (exact) mass is 444 g/mol. The van der Waals surface area contributed by atoms with Gasteiger partial charge in [0.2, 0.25) is 0 Å². The predicted octanol–water partition coefficient (Wildman–Crippen LogP) is 5.48. The van der Waals surface area contributed by atoms with Crippen LogP contribution in [0, 0.1) is 12.3 Å². The Labute approximate surface area is 192 Å². The summed E-state index contributed by atoms with van der Waals surface area (Å²) < 4.78 is 0. The second-order valence-corrected chi connectivity index (χ2v) is 10.2. The number of nitrogens with zero attached hydrogens (tertiary/aromatic N) is 2. The third kappa shape index (κ3) is 4.42. The van der Waals surface area contributed by atoms with Crippen LogP contribution < -0.4 is 11.5 Å². The number of aromatic nitrogens is 2. The number of carbonyl (C=O) groups excluding carboxylic acids is 1. The number of hydrogen-bond donors (Lipinski definition) is 2. The Balaban J connectivity index is 1.99. The number of aryl methyl sites for hydroxylation is 1. The van der Waals surface area contributed by atoms with Gasteiger partial charge in [0.1, 0.15) is 10.7 Å².